The van der Waals surface area contributed by atoms with Crippen LogP contribution >= 0.6 is 0 Å². The molecule has 3 heterocycles. The van der Waals surface area contributed by atoms with Gasteiger partial charge in [-0.2, -0.15) is 0 Å². The van der Waals surface area contributed by atoms with Crippen LogP contribution in [0.4, 0.5) is 5.95 Å². The van der Waals surface area contributed by atoms with Crippen LogP contribution in [0, 0.1) is 0 Å². The Bertz CT molecular complexity index is 621. The van der Waals surface area contributed by atoms with Crippen LogP contribution in [0.1, 0.15) is 41.6 Å². The Morgan fingerprint density at radius 2 is 1.83 bits per heavy atom. The minimum Gasteiger partial charge on any atom is -0.350 e. The molecule has 0 atom stereocenters. The van der Waals surface area contributed by atoms with Crippen LogP contribution in [0.25, 0.3) is 0 Å². The average molecular weight is 311 g/mol. The summed E-state index contributed by atoms with van der Waals surface area (Å²) in [7, 11) is 0. The number of pyridine rings is 1. The fourth-order valence-electron chi connectivity index (χ4n) is 2.67. The van der Waals surface area contributed by atoms with Crippen molar-refractivity contribution in [2.75, 3.05) is 18.4 Å². The lowest BCUT2D eigenvalue weighted by atomic mass is 10.2. The number of aromatic nitrogens is 3. The van der Waals surface area contributed by atoms with Gasteiger partial charge in [0.05, 0.1) is 5.56 Å². The van der Waals surface area contributed by atoms with Gasteiger partial charge in [-0.3, -0.25) is 9.78 Å². The number of hydrogen-bond acceptors (Lipinski definition) is 5. The summed E-state index contributed by atoms with van der Waals surface area (Å²) < 4.78 is 0. The van der Waals surface area contributed by atoms with Gasteiger partial charge in [0.15, 0.2) is 0 Å². The van der Waals surface area contributed by atoms with Gasteiger partial charge in [0, 0.05) is 44.4 Å². The summed E-state index contributed by atoms with van der Waals surface area (Å²) in [5.74, 6) is 0.548. The second-order valence-electron chi connectivity index (χ2n) is 5.72. The van der Waals surface area contributed by atoms with E-state index in [1.807, 2.05) is 17.0 Å². The molecule has 1 aliphatic heterocycles. The molecule has 1 saturated heterocycles. The Labute approximate surface area is 136 Å². The summed E-state index contributed by atoms with van der Waals surface area (Å²) in [5, 5.41) is 3.13. The number of likely N-dealkylation sites (tertiary alicyclic amines) is 1. The lowest BCUT2D eigenvalue weighted by Gasteiger charge is -2.19. The number of rotatable bonds is 4. The van der Waals surface area contributed by atoms with E-state index in [0.717, 1.165) is 31.5 Å². The van der Waals surface area contributed by atoms with E-state index in [9.17, 15) is 4.79 Å². The molecule has 1 amide bonds. The van der Waals surface area contributed by atoms with Crippen LogP contribution < -0.4 is 5.32 Å². The summed E-state index contributed by atoms with van der Waals surface area (Å²) in [4.78, 5) is 26.9. The Morgan fingerprint density at radius 1 is 1.09 bits per heavy atom. The molecule has 1 aliphatic rings. The highest BCUT2D eigenvalue weighted by atomic mass is 16.2. The van der Waals surface area contributed by atoms with Crippen molar-refractivity contribution in [2.45, 2.75) is 32.2 Å². The maximum Gasteiger partial charge on any atom is 0.256 e. The van der Waals surface area contributed by atoms with Gasteiger partial charge in [0.1, 0.15) is 0 Å². The van der Waals surface area contributed by atoms with Crippen molar-refractivity contribution < 1.29 is 4.79 Å². The molecule has 0 aromatic carbocycles. The molecule has 1 fully saturated rings. The topological polar surface area (TPSA) is 71.0 Å². The quantitative estimate of drug-likeness (QED) is 0.939. The fourth-order valence-corrected chi connectivity index (χ4v) is 2.67. The zero-order valence-corrected chi connectivity index (χ0v) is 13.1. The predicted octanol–water partition coefficient (Wildman–Crippen LogP) is 2.50. The first kappa shape index (κ1) is 15.4. The minimum absolute atomic E-state index is 0.0331. The molecular weight excluding hydrogens is 290 g/mol. The van der Waals surface area contributed by atoms with Crippen molar-refractivity contribution in [3.8, 4) is 0 Å². The molecule has 2 aromatic heterocycles. The van der Waals surface area contributed by atoms with Crippen molar-refractivity contribution in [2.24, 2.45) is 0 Å². The first-order valence-corrected chi connectivity index (χ1v) is 8.07. The number of carbonyl (C=O) groups excluding carboxylic acids is 1. The fraction of sp³-hybridized carbons (Fsp3) is 0.412. The van der Waals surface area contributed by atoms with E-state index < -0.39 is 0 Å². The lowest BCUT2D eigenvalue weighted by molar-refractivity contribution is 0.0761. The Hall–Kier alpha value is -2.50. The van der Waals surface area contributed by atoms with Crippen molar-refractivity contribution in [1.29, 1.82) is 0 Å². The molecule has 0 saturated carbocycles. The smallest absolute Gasteiger partial charge is 0.256 e. The number of hydrogen-bond donors (Lipinski definition) is 1. The maximum absolute atomic E-state index is 12.5. The van der Waals surface area contributed by atoms with Crippen LogP contribution in [-0.4, -0.2) is 38.8 Å². The van der Waals surface area contributed by atoms with E-state index in [4.69, 9.17) is 0 Å². The molecule has 0 radical (unpaired) electrons. The van der Waals surface area contributed by atoms with Gasteiger partial charge in [-0.1, -0.05) is 18.9 Å². The summed E-state index contributed by atoms with van der Waals surface area (Å²) in [6.07, 6.45) is 11.3. The van der Waals surface area contributed by atoms with E-state index in [2.05, 4.69) is 20.3 Å². The van der Waals surface area contributed by atoms with E-state index in [0.29, 0.717) is 18.1 Å². The second kappa shape index (κ2) is 7.67. The molecule has 0 aliphatic carbocycles. The highest BCUT2D eigenvalue weighted by Gasteiger charge is 2.17. The summed E-state index contributed by atoms with van der Waals surface area (Å²) in [5.41, 5.74) is 1.61. The molecule has 6 heteroatoms. The number of nitrogens with one attached hydrogen (secondary N) is 1. The van der Waals surface area contributed by atoms with Crippen molar-refractivity contribution in [3.05, 3.63) is 48.0 Å². The first-order valence-electron chi connectivity index (χ1n) is 8.07. The average Bonchev–Trinajstić information content (AvgIpc) is 2.90. The summed E-state index contributed by atoms with van der Waals surface area (Å²) in [6, 6.07) is 3.87. The summed E-state index contributed by atoms with van der Waals surface area (Å²) in [6.45, 7) is 2.27. The van der Waals surface area contributed by atoms with Gasteiger partial charge in [-0.15, -0.1) is 0 Å². The van der Waals surface area contributed by atoms with Crippen LogP contribution in [0.15, 0.2) is 36.9 Å². The first-order chi connectivity index (χ1) is 11.3. The monoisotopic (exact) mass is 311 g/mol. The molecule has 1 N–H and O–H groups in total. The normalized spacial score (nSPS) is 15.0. The Balaban J connectivity index is 1.59. The molecule has 3 rings (SSSR count). The highest BCUT2D eigenvalue weighted by molar-refractivity contribution is 5.93. The molecule has 0 bridgehead atoms. The molecule has 23 heavy (non-hydrogen) atoms. The number of nitrogens with zero attached hydrogens (tertiary/aromatic N) is 4. The number of amides is 1. The predicted molar refractivity (Wildman–Crippen MR) is 88.0 cm³/mol. The van der Waals surface area contributed by atoms with Gasteiger partial charge in [0.25, 0.3) is 5.91 Å². The van der Waals surface area contributed by atoms with E-state index in [1.165, 1.54) is 12.8 Å². The highest BCUT2D eigenvalue weighted by Crippen LogP contribution is 2.13. The third-order valence-corrected chi connectivity index (χ3v) is 3.97. The van der Waals surface area contributed by atoms with Crippen molar-refractivity contribution in [1.82, 2.24) is 19.9 Å². The van der Waals surface area contributed by atoms with Gasteiger partial charge in [-0.25, -0.2) is 9.97 Å². The molecule has 0 spiro atoms. The standard InChI is InChI=1S/C17H21N5O/c23-16(22-8-3-1-2-4-9-22)15-12-20-17(21-13-15)19-11-14-6-5-7-18-10-14/h5-7,10,12-13H,1-4,8-9,11H2,(H,19,20,21). The van der Waals surface area contributed by atoms with E-state index in [1.54, 1.807) is 24.8 Å². The third kappa shape index (κ3) is 4.25. The largest absolute Gasteiger partial charge is 0.350 e. The Kier molecular flexibility index (Phi) is 5.13. The zero-order chi connectivity index (χ0) is 15.9. The molecular formula is C17H21N5O. The SMILES string of the molecule is O=C(c1cnc(NCc2cccnc2)nc1)N1CCCCCC1. The molecule has 6 nitrogen and oxygen atoms in total. The molecule has 0 unspecified atom stereocenters. The zero-order valence-electron chi connectivity index (χ0n) is 13.1. The van der Waals surface area contributed by atoms with E-state index >= 15 is 0 Å². The van der Waals surface area contributed by atoms with Crippen LogP contribution in [-0.2, 0) is 6.54 Å². The molecule has 2 aromatic rings. The van der Waals surface area contributed by atoms with Crippen LogP contribution in [0.3, 0.4) is 0 Å². The van der Waals surface area contributed by atoms with Crippen molar-refractivity contribution >= 4 is 11.9 Å². The lowest BCUT2D eigenvalue weighted by Crippen LogP contribution is -2.32. The van der Waals surface area contributed by atoms with Gasteiger partial charge < -0.3 is 10.2 Å². The maximum atomic E-state index is 12.5. The van der Waals surface area contributed by atoms with E-state index in [-0.39, 0.29) is 5.91 Å². The van der Waals surface area contributed by atoms with Gasteiger partial charge in [0.2, 0.25) is 5.95 Å². The Morgan fingerprint density at radius 3 is 2.48 bits per heavy atom. The van der Waals surface area contributed by atoms with Crippen LogP contribution in [0.5, 0.6) is 0 Å². The number of anilines is 1. The third-order valence-electron chi connectivity index (χ3n) is 3.97. The number of carbonyl (C=O) groups is 1. The summed E-state index contributed by atoms with van der Waals surface area (Å²) >= 11 is 0. The molecule has 120 valence electrons. The van der Waals surface area contributed by atoms with Gasteiger partial charge in [-0.05, 0) is 24.5 Å². The van der Waals surface area contributed by atoms with Crippen molar-refractivity contribution in [3.63, 3.8) is 0 Å². The van der Waals surface area contributed by atoms with Crippen LogP contribution in [0.2, 0.25) is 0 Å². The minimum atomic E-state index is 0.0331. The second-order valence-corrected chi connectivity index (χ2v) is 5.72. The van der Waals surface area contributed by atoms with Gasteiger partial charge >= 0.3 is 0 Å².